The predicted molar refractivity (Wildman–Crippen MR) is 77.7 cm³/mol. The lowest BCUT2D eigenvalue weighted by molar-refractivity contribution is 0.672. The van der Waals surface area contributed by atoms with Crippen molar-refractivity contribution in [2.45, 2.75) is 32.6 Å². The summed E-state index contributed by atoms with van der Waals surface area (Å²) in [7, 11) is 1.99. The first-order chi connectivity index (χ1) is 8.70. The van der Waals surface area contributed by atoms with Gasteiger partial charge in [-0.1, -0.05) is 11.6 Å². The van der Waals surface area contributed by atoms with E-state index in [-0.39, 0.29) is 0 Å². The van der Waals surface area contributed by atoms with Crippen LogP contribution in [0.15, 0.2) is 12.1 Å². The van der Waals surface area contributed by atoms with E-state index in [1.54, 1.807) is 0 Å². The van der Waals surface area contributed by atoms with Crippen LogP contribution in [0.25, 0.3) is 10.9 Å². The highest BCUT2D eigenvalue weighted by molar-refractivity contribution is 6.32. The zero-order chi connectivity index (χ0) is 12.7. The number of aryl methyl sites for hydroxylation is 2. The second kappa shape index (κ2) is 4.43. The van der Waals surface area contributed by atoms with E-state index >= 15 is 0 Å². The summed E-state index contributed by atoms with van der Waals surface area (Å²) in [6.45, 7) is 2.04. The van der Waals surface area contributed by atoms with Crippen LogP contribution in [0.2, 0.25) is 5.02 Å². The zero-order valence-corrected chi connectivity index (χ0v) is 11.6. The summed E-state index contributed by atoms with van der Waals surface area (Å²) in [6.07, 6.45) is 4.73. The van der Waals surface area contributed by atoms with Crippen molar-refractivity contribution in [3.8, 4) is 0 Å². The molecule has 0 amide bonds. The van der Waals surface area contributed by atoms with Crippen LogP contribution >= 0.6 is 11.6 Å². The summed E-state index contributed by atoms with van der Waals surface area (Å²) in [5.74, 6) is 0. The smallest absolute Gasteiger partial charge is 0.0741 e. The molecule has 18 heavy (non-hydrogen) atoms. The van der Waals surface area contributed by atoms with E-state index in [0.717, 1.165) is 28.9 Å². The molecule has 3 rings (SSSR count). The van der Waals surface area contributed by atoms with E-state index in [2.05, 4.69) is 11.4 Å². The summed E-state index contributed by atoms with van der Waals surface area (Å²) in [4.78, 5) is 4.80. The summed E-state index contributed by atoms with van der Waals surface area (Å²) in [5, 5.41) is 5.36. The van der Waals surface area contributed by atoms with Gasteiger partial charge in [0, 0.05) is 28.8 Å². The third-order valence-corrected chi connectivity index (χ3v) is 4.20. The largest absolute Gasteiger partial charge is 0.387 e. The molecule has 0 spiro atoms. The number of rotatable bonds is 1. The number of aromatic nitrogens is 1. The molecular formula is C15H17ClN2. The SMILES string of the molecule is CNc1c2c(nc3cc(Cl)c(C)cc13)CCCC2. The van der Waals surface area contributed by atoms with Crippen molar-refractivity contribution in [3.05, 3.63) is 34.0 Å². The van der Waals surface area contributed by atoms with Gasteiger partial charge in [0.25, 0.3) is 0 Å². The number of nitrogens with zero attached hydrogens (tertiary/aromatic N) is 1. The van der Waals surface area contributed by atoms with E-state index in [4.69, 9.17) is 16.6 Å². The molecule has 0 saturated heterocycles. The lowest BCUT2D eigenvalue weighted by atomic mass is 9.92. The topological polar surface area (TPSA) is 24.9 Å². The summed E-state index contributed by atoms with van der Waals surface area (Å²) in [5.41, 5.74) is 6.01. The van der Waals surface area contributed by atoms with Gasteiger partial charge in [0.2, 0.25) is 0 Å². The van der Waals surface area contributed by atoms with Gasteiger partial charge in [0.05, 0.1) is 5.52 Å². The summed E-state index contributed by atoms with van der Waals surface area (Å²) >= 11 is 6.21. The molecule has 2 nitrogen and oxygen atoms in total. The van der Waals surface area contributed by atoms with Crippen LogP contribution < -0.4 is 5.32 Å². The number of halogens is 1. The average Bonchev–Trinajstić information content (AvgIpc) is 2.38. The van der Waals surface area contributed by atoms with Crippen molar-refractivity contribution in [2.24, 2.45) is 0 Å². The van der Waals surface area contributed by atoms with Crippen LogP contribution in [-0.4, -0.2) is 12.0 Å². The Morgan fingerprint density at radius 2 is 2.00 bits per heavy atom. The number of anilines is 1. The second-order valence-corrected chi connectivity index (χ2v) is 5.39. The highest BCUT2D eigenvalue weighted by Crippen LogP contribution is 2.35. The predicted octanol–water partition coefficient (Wildman–Crippen LogP) is 4.12. The maximum absolute atomic E-state index is 6.21. The molecule has 0 atom stereocenters. The maximum Gasteiger partial charge on any atom is 0.0741 e. The van der Waals surface area contributed by atoms with E-state index in [0.29, 0.717) is 0 Å². The second-order valence-electron chi connectivity index (χ2n) is 4.99. The molecule has 94 valence electrons. The molecule has 0 fully saturated rings. The van der Waals surface area contributed by atoms with Gasteiger partial charge in [0.1, 0.15) is 0 Å². The van der Waals surface area contributed by atoms with Crippen molar-refractivity contribution in [1.29, 1.82) is 0 Å². The molecule has 1 N–H and O–H groups in total. The van der Waals surface area contributed by atoms with Crippen LogP contribution in [0.3, 0.4) is 0 Å². The Kier molecular flexibility index (Phi) is 2.90. The highest BCUT2D eigenvalue weighted by atomic mass is 35.5. The van der Waals surface area contributed by atoms with Crippen molar-refractivity contribution in [1.82, 2.24) is 4.98 Å². The molecule has 1 aliphatic carbocycles. The van der Waals surface area contributed by atoms with Crippen LogP contribution in [0.5, 0.6) is 0 Å². The molecule has 0 saturated carbocycles. The first-order valence-corrected chi connectivity index (χ1v) is 6.88. The quantitative estimate of drug-likeness (QED) is 0.834. The van der Waals surface area contributed by atoms with E-state index in [9.17, 15) is 0 Å². The van der Waals surface area contributed by atoms with Gasteiger partial charge in [-0.25, -0.2) is 0 Å². The Morgan fingerprint density at radius 1 is 1.22 bits per heavy atom. The Bertz CT molecular complexity index is 620. The molecule has 0 unspecified atom stereocenters. The first kappa shape index (κ1) is 11.8. The van der Waals surface area contributed by atoms with E-state index in [1.165, 1.54) is 35.2 Å². The highest BCUT2D eigenvalue weighted by Gasteiger charge is 2.17. The normalized spacial score (nSPS) is 14.6. The molecule has 1 aromatic carbocycles. The molecule has 3 heteroatoms. The third-order valence-electron chi connectivity index (χ3n) is 3.79. The molecular weight excluding hydrogens is 244 g/mol. The number of hydrogen-bond acceptors (Lipinski definition) is 2. The molecule has 1 heterocycles. The number of benzene rings is 1. The minimum atomic E-state index is 0.799. The molecule has 1 aromatic heterocycles. The standard InChI is InChI=1S/C15H17ClN2/c1-9-7-11-14(8-12(9)16)18-13-6-4-3-5-10(13)15(11)17-2/h7-8H,3-6H2,1-2H3,(H,17,18). The van der Waals surface area contributed by atoms with E-state index in [1.807, 2.05) is 20.0 Å². The minimum Gasteiger partial charge on any atom is -0.387 e. The average molecular weight is 261 g/mol. The molecule has 1 aliphatic rings. The molecule has 2 aromatic rings. The maximum atomic E-state index is 6.21. The first-order valence-electron chi connectivity index (χ1n) is 6.50. The minimum absolute atomic E-state index is 0.799. The van der Waals surface area contributed by atoms with Gasteiger partial charge in [-0.3, -0.25) is 4.98 Å². The molecule has 0 bridgehead atoms. The number of nitrogens with one attached hydrogen (secondary N) is 1. The van der Waals surface area contributed by atoms with Gasteiger partial charge in [-0.2, -0.15) is 0 Å². The monoisotopic (exact) mass is 260 g/mol. The fourth-order valence-corrected chi connectivity index (χ4v) is 3.00. The van der Waals surface area contributed by atoms with Gasteiger partial charge in [0.15, 0.2) is 0 Å². The van der Waals surface area contributed by atoms with Gasteiger partial charge in [-0.05, 0) is 55.9 Å². The van der Waals surface area contributed by atoms with Crippen molar-refractivity contribution in [2.75, 3.05) is 12.4 Å². The van der Waals surface area contributed by atoms with Crippen molar-refractivity contribution >= 4 is 28.2 Å². The summed E-state index contributed by atoms with van der Waals surface area (Å²) < 4.78 is 0. The fraction of sp³-hybridized carbons (Fsp3) is 0.400. The van der Waals surface area contributed by atoms with Crippen molar-refractivity contribution in [3.63, 3.8) is 0 Å². The van der Waals surface area contributed by atoms with Crippen LogP contribution in [-0.2, 0) is 12.8 Å². The third kappa shape index (κ3) is 1.76. The Morgan fingerprint density at radius 3 is 2.78 bits per heavy atom. The van der Waals surface area contributed by atoms with Gasteiger partial charge < -0.3 is 5.32 Å². The van der Waals surface area contributed by atoms with E-state index < -0.39 is 0 Å². The van der Waals surface area contributed by atoms with Crippen molar-refractivity contribution < 1.29 is 0 Å². The number of pyridine rings is 1. The van der Waals surface area contributed by atoms with Gasteiger partial charge >= 0.3 is 0 Å². The number of fused-ring (bicyclic) bond motifs is 2. The van der Waals surface area contributed by atoms with Crippen LogP contribution in [0.1, 0.15) is 29.7 Å². The van der Waals surface area contributed by atoms with Crippen LogP contribution in [0, 0.1) is 6.92 Å². The fourth-order valence-electron chi connectivity index (χ4n) is 2.84. The summed E-state index contributed by atoms with van der Waals surface area (Å²) in [6, 6.07) is 4.13. The lowest BCUT2D eigenvalue weighted by Crippen LogP contribution is -2.09. The van der Waals surface area contributed by atoms with Gasteiger partial charge in [-0.15, -0.1) is 0 Å². The van der Waals surface area contributed by atoms with Crippen LogP contribution in [0.4, 0.5) is 5.69 Å². The molecule has 0 aliphatic heterocycles. The zero-order valence-electron chi connectivity index (χ0n) is 10.8. The molecule has 0 radical (unpaired) electrons. The Labute approximate surface area is 112 Å². The lowest BCUT2D eigenvalue weighted by Gasteiger charge is -2.20. The Balaban J connectivity index is 2.36. The Hall–Kier alpha value is -1.28. The number of hydrogen-bond donors (Lipinski definition) is 1.